The summed E-state index contributed by atoms with van der Waals surface area (Å²) in [6.07, 6.45) is 1.54. The second-order valence-electron chi connectivity index (χ2n) is 3.45. The number of halogens is 1. The fourth-order valence-electron chi connectivity index (χ4n) is 1.36. The van der Waals surface area contributed by atoms with Gasteiger partial charge in [-0.25, -0.2) is 4.39 Å². The van der Waals surface area contributed by atoms with Crippen LogP contribution in [0.25, 0.3) is 0 Å². The van der Waals surface area contributed by atoms with Crippen LogP contribution in [0, 0.1) is 17.7 Å². The van der Waals surface area contributed by atoms with Gasteiger partial charge in [-0.05, 0) is 37.5 Å². The number of benzene rings is 1. The third-order valence-electron chi connectivity index (χ3n) is 2.16. The average molecular weight is 206 g/mol. The predicted molar refractivity (Wildman–Crippen MR) is 58.8 cm³/mol. The largest absolute Gasteiger partial charge is 0.393 e. The zero-order chi connectivity index (χ0) is 11.1. The Labute approximate surface area is 89.9 Å². The molecule has 80 valence electrons. The summed E-state index contributed by atoms with van der Waals surface area (Å²) >= 11 is 0. The number of hydrogen-bond acceptors (Lipinski definition) is 1. The minimum Gasteiger partial charge on any atom is -0.393 e. The van der Waals surface area contributed by atoms with Crippen molar-refractivity contribution in [3.8, 4) is 11.8 Å². The topological polar surface area (TPSA) is 20.2 Å². The molecule has 1 atom stereocenters. The fourth-order valence-corrected chi connectivity index (χ4v) is 1.36. The van der Waals surface area contributed by atoms with E-state index in [1.165, 1.54) is 12.1 Å². The Kier molecular flexibility index (Phi) is 4.86. The van der Waals surface area contributed by atoms with Gasteiger partial charge >= 0.3 is 0 Å². The van der Waals surface area contributed by atoms with Gasteiger partial charge in [0.05, 0.1) is 6.10 Å². The standard InChI is InChI=1S/C13H15FO/c1-2-3-4-5-13(15)10-11-6-8-12(14)9-7-11/h6-9,13,15H,4-5,10H2,1H3. The van der Waals surface area contributed by atoms with Crippen LogP contribution >= 0.6 is 0 Å². The Bertz CT molecular complexity index is 345. The summed E-state index contributed by atoms with van der Waals surface area (Å²) in [5.74, 6) is 5.44. The molecule has 1 rings (SSSR count). The van der Waals surface area contributed by atoms with E-state index < -0.39 is 6.10 Å². The smallest absolute Gasteiger partial charge is 0.123 e. The van der Waals surface area contributed by atoms with Gasteiger partial charge in [0, 0.05) is 6.42 Å². The molecule has 0 aliphatic rings. The van der Waals surface area contributed by atoms with Gasteiger partial charge in [-0.3, -0.25) is 0 Å². The summed E-state index contributed by atoms with van der Waals surface area (Å²) in [5.41, 5.74) is 0.952. The first-order valence-electron chi connectivity index (χ1n) is 5.04. The van der Waals surface area contributed by atoms with Gasteiger partial charge < -0.3 is 5.11 Å². The molecule has 0 radical (unpaired) electrons. The molecule has 1 N–H and O–H groups in total. The van der Waals surface area contributed by atoms with Crippen molar-refractivity contribution >= 4 is 0 Å². The van der Waals surface area contributed by atoms with Crippen LogP contribution in [0.15, 0.2) is 24.3 Å². The summed E-state index contributed by atoms with van der Waals surface area (Å²) in [4.78, 5) is 0. The maximum atomic E-state index is 12.6. The highest BCUT2D eigenvalue weighted by Crippen LogP contribution is 2.08. The highest BCUT2D eigenvalue weighted by Gasteiger charge is 2.04. The molecule has 1 aromatic rings. The van der Waals surface area contributed by atoms with Crippen LogP contribution in [-0.4, -0.2) is 11.2 Å². The number of aliphatic hydroxyl groups is 1. The van der Waals surface area contributed by atoms with E-state index in [4.69, 9.17) is 0 Å². The zero-order valence-corrected chi connectivity index (χ0v) is 8.83. The molecule has 1 aromatic carbocycles. The number of rotatable bonds is 4. The molecule has 1 nitrogen and oxygen atoms in total. The van der Waals surface area contributed by atoms with Crippen molar-refractivity contribution in [2.75, 3.05) is 0 Å². The molecule has 0 spiro atoms. The molecule has 15 heavy (non-hydrogen) atoms. The summed E-state index contributed by atoms with van der Waals surface area (Å²) in [7, 11) is 0. The zero-order valence-electron chi connectivity index (χ0n) is 8.83. The van der Waals surface area contributed by atoms with Crippen LogP contribution in [0.1, 0.15) is 25.3 Å². The van der Waals surface area contributed by atoms with Crippen LogP contribution < -0.4 is 0 Å². The highest BCUT2D eigenvalue weighted by molar-refractivity contribution is 5.16. The van der Waals surface area contributed by atoms with Gasteiger partial charge in [-0.1, -0.05) is 12.1 Å². The first kappa shape index (κ1) is 11.7. The fraction of sp³-hybridized carbons (Fsp3) is 0.385. The molecule has 0 saturated heterocycles. The van der Waals surface area contributed by atoms with Gasteiger partial charge in [0.2, 0.25) is 0 Å². The maximum absolute atomic E-state index is 12.6. The number of hydrogen-bond donors (Lipinski definition) is 1. The van der Waals surface area contributed by atoms with Crippen molar-refractivity contribution in [2.45, 2.75) is 32.3 Å². The lowest BCUT2D eigenvalue weighted by Gasteiger charge is -2.08. The molecule has 0 aliphatic carbocycles. The third kappa shape index (κ3) is 4.62. The van der Waals surface area contributed by atoms with Crippen LogP contribution in [0.5, 0.6) is 0 Å². The maximum Gasteiger partial charge on any atom is 0.123 e. The molecular formula is C13H15FO. The molecule has 1 unspecified atom stereocenters. The molecular weight excluding hydrogens is 191 g/mol. The van der Waals surface area contributed by atoms with Gasteiger partial charge in [0.25, 0.3) is 0 Å². The first-order chi connectivity index (χ1) is 7.22. The highest BCUT2D eigenvalue weighted by atomic mass is 19.1. The van der Waals surface area contributed by atoms with Crippen molar-refractivity contribution in [2.24, 2.45) is 0 Å². The Hall–Kier alpha value is -1.33. The molecule has 0 bridgehead atoms. The molecule has 0 saturated carbocycles. The van der Waals surface area contributed by atoms with Crippen molar-refractivity contribution in [1.29, 1.82) is 0 Å². The Morgan fingerprint density at radius 3 is 2.60 bits per heavy atom. The second-order valence-corrected chi connectivity index (χ2v) is 3.45. The minimum absolute atomic E-state index is 0.245. The summed E-state index contributed by atoms with van der Waals surface area (Å²) in [5, 5.41) is 9.64. The van der Waals surface area contributed by atoms with E-state index in [-0.39, 0.29) is 5.82 Å². The van der Waals surface area contributed by atoms with Crippen LogP contribution in [-0.2, 0) is 6.42 Å². The van der Waals surface area contributed by atoms with Crippen LogP contribution in [0.4, 0.5) is 4.39 Å². The Morgan fingerprint density at radius 2 is 2.00 bits per heavy atom. The molecule has 0 fully saturated rings. The normalized spacial score (nSPS) is 11.7. The van der Waals surface area contributed by atoms with Gasteiger partial charge in [-0.15, -0.1) is 11.8 Å². The van der Waals surface area contributed by atoms with Crippen molar-refractivity contribution in [1.82, 2.24) is 0 Å². The van der Waals surface area contributed by atoms with Crippen LogP contribution in [0.2, 0.25) is 0 Å². The predicted octanol–water partition coefficient (Wildman–Crippen LogP) is 2.53. The van der Waals surface area contributed by atoms with Gasteiger partial charge in [0.1, 0.15) is 5.82 Å². The SMILES string of the molecule is CC#CCCC(O)Cc1ccc(F)cc1. The summed E-state index contributed by atoms with van der Waals surface area (Å²) in [6, 6.07) is 6.22. The minimum atomic E-state index is -0.392. The monoisotopic (exact) mass is 206 g/mol. The quantitative estimate of drug-likeness (QED) is 0.750. The van der Waals surface area contributed by atoms with Crippen molar-refractivity contribution < 1.29 is 9.50 Å². The number of aliphatic hydroxyl groups excluding tert-OH is 1. The third-order valence-corrected chi connectivity index (χ3v) is 2.16. The van der Waals surface area contributed by atoms with E-state index in [0.29, 0.717) is 19.3 Å². The van der Waals surface area contributed by atoms with Crippen molar-refractivity contribution in [3.63, 3.8) is 0 Å². The van der Waals surface area contributed by atoms with Gasteiger partial charge in [0.15, 0.2) is 0 Å². The van der Waals surface area contributed by atoms with Crippen LogP contribution in [0.3, 0.4) is 0 Å². The van der Waals surface area contributed by atoms with E-state index in [2.05, 4.69) is 11.8 Å². The average Bonchev–Trinajstić information content (AvgIpc) is 2.22. The van der Waals surface area contributed by atoms with Gasteiger partial charge in [-0.2, -0.15) is 0 Å². The van der Waals surface area contributed by atoms with E-state index in [1.807, 2.05) is 0 Å². The summed E-state index contributed by atoms with van der Waals surface area (Å²) in [6.45, 7) is 1.78. The van der Waals surface area contributed by atoms with E-state index in [0.717, 1.165) is 5.56 Å². The second kappa shape index (κ2) is 6.21. The lowest BCUT2D eigenvalue weighted by Crippen LogP contribution is -2.09. The van der Waals surface area contributed by atoms with E-state index >= 15 is 0 Å². The Morgan fingerprint density at radius 1 is 1.33 bits per heavy atom. The lowest BCUT2D eigenvalue weighted by molar-refractivity contribution is 0.166. The molecule has 2 heteroatoms. The summed E-state index contributed by atoms with van der Waals surface area (Å²) < 4.78 is 12.6. The lowest BCUT2D eigenvalue weighted by atomic mass is 10.0. The van der Waals surface area contributed by atoms with Crippen molar-refractivity contribution in [3.05, 3.63) is 35.6 Å². The van der Waals surface area contributed by atoms with E-state index in [9.17, 15) is 9.50 Å². The molecule has 0 aromatic heterocycles. The molecule has 0 aliphatic heterocycles. The van der Waals surface area contributed by atoms with E-state index in [1.54, 1.807) is 19.1 Å². The first-order valence-corrected chi connectivity index (χ1v) is 5.04. The molecule has 0 heterocycles. The molecule has 0 amide bonds. The Balaban J connectivity index is 2.39.